The van der Waals surface area contributed by atoms with E-state index < -0.39 is 12.0 Å². The van der Waals surface area contributed by atoms with Crippen LogP contribution >= 0.6 is 11.3 Å². The number of nitrogens with two attached hydrogens (primary N) is 1. The number of thiazole rings is 1. The van der Waals surface area contributed by atoms with Gasteiger partial charge in [0.25, 0.3) is 0 Å². The Morgan fingerprint density at radius 2 is 2.22 bits per heavy atom. The average molecular weight is 262 g/mol. The molecule has 0 bridgehead atoms. The zero-order valence-corrected chi connectivity index (χ0v) is 10.8. The number of rotatable bonds is 4. The maximum absolute atomic E-state index is 10.8. The highest BCUT2D eigenvalue weighted by Crippen LogP contribution is 2.20. The van der Waals surface area contributed by atoms with Crippen molar-refractivity contribution >= 4 is 17.3 Å². The highest BCUT2D eigenvalue weighted by Gasteiger charge is 2.17. The Kier molecular flexibility index (Phi) is 3.74. The minimum absolute atomic E-state index is 0.427. The minimum atomic E-state index is -1.05. The molecule has 94 valence electrons. The molecule has 0 aliphatic heterocycles. The van der Waals surface area contributed by atoms with Crippen molar-refractivity contribution < 1.29 is 9.90 Å². The molecule has 0 aliphatic rings. The molecule has 1 heterocycles. The van der Waals surface area contributed by atoms with Crippen LogP contribution < -0.4 is 5.73 Å². The van der Waals surface area contributed by atoms with Gasteiger partial charge >= 0.3 is 5.97 Å². The van der Waals surface area contributed by atoms with Crippen molar-refractivity contribution in [2.75, 3.05) is 0 Å². The third-order valence-corrected chi connectivity index (χ3v) is 3.62. The molecule has 18 heavy (non-hydrogen) atoms. The van der Waals surface area contributed by atoms with Gasteiger partial charge in [0.15, 0.2) is 0 Å². The summed E-state index contributed by atoms with van der Waals surface area (Å²) in [6.07, 6.45) is 0.712. The Bertz CT molecular complexity index is 566. The lowest BCUT2D eigenvalue weighted by Crippen LogP contribution is -2.20. The summed E-state index contributed by atoms with van der Waals surface area (Å²) in [7, 11) is 0. The Morgan fingerprint density at radius 1 is 1.50 bits per heavy atom. The van der Waals surface area contributed by atoms with E-state index in [0.717, 1.165) is 5.01 Å². The lowest BCUT2D eigenvalue weighted by atomic mass is 10.1. The van der Waals surface area contributed by atoms with E-state index in [0.29, 0.717) is 12.1 Å². The molecule has 0 saturated carbocycles. The topological polar surface area (TPSA) is 76.2 Å². The second-order valence-corrected chi connectivity index (χ2v) is 5.03. The van der Waals surface area contributed by atoms with Crippen LogP contribution in [-0.4, -0.2) is 16.1 Å². The number of hydrogen-bond acceptors (Lipinski definition) is 4. The van der Waals surface area contributed by atoms with Gasteiger partial charge in [-0.3, -0.25) is 4.79 Å². The van der Waals surface area contributed by atoms with E-state index >= 15 is 0 Å². The van der Waals surface area contributed by atoms with Gasteiger partial charge < -0.3 is 10.8 Å². The molecule has 3 N–H and O–H groups in total. The first-order valence-electron chi connectivity index (χ1n) is 5.55. The summed E-state index contributed by atoms with van der Waals surface area (Å²) in [5.41, 5.74) is 8.35. The van der Waals surface area contributed by atoms with E-state index in [1.807, 2.05) is 31.2 Å². The quantitative estimate of drug-likeness (QED) is 0.885. The minimum Gasteiger partial charge on any atom is -0.480 e. The fourth-order valence-electron chi connectivity index (χ4n) is 1.65. The van der Waals surface area contributed by atoms with Gasteiger partial charge in [0.2, 0.25) is 0 Å². The van der Waals surface area contributed by atoms with Crippen LogP contribution in [0.1, 0.15) is 27.9 Å². The zero-order valence-electron chi connectivity index (χ0n) is 9.96. The number of carboxylic acids is 1. The summed E-state index contributed by atoms with van der Waals surface area (Å²) in [6, 6.07) is 7.04. The summed E-state index contributed by atoms with van der Waals surface area (Å²) >= 11 is 1.44. The van der Waals surface area contributed by atoms with E-state index in [-0.39, 0.29) is 0 Å². The number of carbonyl (C=O) groups is 1. The van der Waals surface area contributed by atoms with Crippen molar-refractivity contribution in [3.63, 3.8) is 0 Å². The van der Waals surface area contributed by atoms with Crippen LogP contribution in [0.25, 0.3) is 0 Å². The molecule has 1 unspecified atom stereocenters. The van der Waals surface area contributed by atoms with Crippen LogP contribution in [0.3, 0.4) is 0 Å². The average Bonchev–Trinajstić information content (AvgIpc) is 2.79. The first-order valence-corrected chi connectivity index (χ1v) is 6.43. The summed E-state index contributed by atoms with van der Waals surface area (Å²) in [5, 5.41) is 11.4. The Labute approximate surface area is 109 Å². The molecular weight excluding hydrogens is 248 g/mol. The van der Waals surface area contributed by atoms with Crippen LogP contribution in [0.15, 0.2) is 29.6 Å². The van der Waals surface area contributed by atoms with Crippen LogP contribution in [0.4, 0.5) is 0 Å². The smallest absolute Gasteiger partial charge is 0.326 e. The summed E-state index contributed by atoms with van der Waals surface area (Å²) in [6.45, 7) is 2.05. The summed E-state index contributed by atoms with van der Waals surface area (Å²) < 4.78 is 0. The highest BCUT2D eigenvalue weighted by molar-refractivity contribution is 7.09. The molecule has 1 aromatic heterocycles. The number of hydrogen-bond donors (Lipinski definition) is 2. The number of nitrogens with zero attached hydrogens (tertiary/aromatic N) is 1. The SMILES string of the molecule is Cc1ccccc1Cc1nc(C(N)C(=O)O)cs1. The monoisotopic (exact) mass is 262 g/mol. The first-order chi connectivity index (χ1) is 8.58. The molecule has 4 nitrogen and oxygen atoms in total. The second-order valence-electron chi connectivity index (χ2n) is 4.09. The lowest BCUT2D eigenvalue weighted by Gasteiger charge is -2.03. The lowest BCUT2D eigenvalue weighted by molar-refractivity contribution is -0.138. The van der Waals surface area contributed by atoms with E-state index in [4.69, 9.17) is 10.8 Å². The molecule has 0 saturated heterocycles. The van der Waals surface area contributed by atoms with Crippen LogP contribution in [0, 0.1) is 6.92 Å². The van der Waals surface area contributed by atoms with Crippen molar-refractivity contribution in [3.05, 3.63) is 51.5 Å². The number of aliphatic carboxylic acids is 1. The van der Waals surface area contributed by atoms with E-state index in [9.17, 15) is 4.79 Å². The van der Waals surface area contributed by atoms with Gasteiger partial charge in [-0.25, -0.2) is 4.98 Å². The fraction of sp³-hybridized carbons (Fsp3) is 0.231. The first kappa shape index (κ1) is 12.7. The number of aryl methyl sites for hydroxylation is 1. The summed E-state index contributed by atoms with van der Waals surface area (Å²) in [4.78, 5) is 15.0. The normalized spacial score (nSPS) is 12.3. The second kappa shape index (κ2) is 5.29. The molecule has 1 aromatic carbocycles. The van der Waals surface area contributed by atoms with Gasteiger partial charge in [-0.15, -0.1) is 11.3 Å². The van der Waals surface area contributed by atoms with Crippen LogP contribution in [0.2, 0.25) is 0 Å². The van der Waals surface area contributed by atoms with Crippen molar-refractivity contribution in [2.45, 2.75) is 19.4 Å². The molecule has 0 amide bonds. The molecule has 1 atom stereocenters. The maximum Gasteiger partial charge on any atom is 0.326 e. The Morgan fingerprint density at radius 3 is 2.89 bits per heavy atom. The van der Waals surface area contributed by atoms with Crippen molar-refractivity contribution in [1.29, 1.82) is 0 Å². The van der Waals surface area contributed by atoms with Gasteiger partial charge in [-0.1, -0.05) is 24.3 Å². The third-order valence-electron chi connectivity index (χ3n) is 2.76. The van der Waals surface area contributed by atoms with Gasteiger partial charge in [-0.05, 0) is 18.1 Å². The number of benzene rings is 1. The van der Waals surface area contributed by atoms with Crippen molar-refractivity contribution in [1.82, 2.24) is 4.98 Å². The molecule has 5 heteroatoms. The fourth-order valence-corrected chi connectivity index (χ4v) is 2.50. The molecule has 0 radical (unpaired) electrons. The van der Waals surface area contributed by atoms with Gasteiger partial charge in [0, 0.05) is 11.8 Å². The number of carboxylic acid groups (broad SMARTS) is 1. The van der Waals surface area contributed by atoms with Crippen molar-refractivity contribution in [2.24, 2.45) is 5.73 Å². The van der Waals surface area contributed by atoms with E-state index in [2.05, 4.69) is 4.98 Å². The maximum atomic E-state index is 10.8. The molecule has 2 rings (SSSR count). The van der Waals surface area contributed by atoms with E-state index in [1.54, 1.807) is 5.38 Å². The molecular formula is C13H14N2O2S. The standard InChI is InChI=1S/C13H14N2O2S/c1-8-4-2-3-5-9(8)6-11-15-10(7-18-11)12(14)13(16)17/h2-5,7,12H,6,14H2,1H3,(H,16,17). The highest BCUT2D eigenvalue weighted by atomic mass is 32.1. The van der Waals surface area contributed by atoms with E-state index in [1.165, 1.54) is 22.5 Å². The largest absolute Gasteiger partial charge is 0.480 e. The molecule has 0 aliphatic carbocycles. The van der Waals surface area contributed by atoms with Gasteiger partial charge in [0.1, 0.15) is 6.04 Å². The Balaban J connectivity index is 2.17. The van der Waals surface area contributed by atoms with Crippen LogP contribution in [0.5, 0.6) is 0 Å². The molecule has 0 spiro atoms. The van der Waals surface area contributed by atoms with Gasteiger partial charge in [-0.2, -0.15) is 0 Å². The predicted octanol–water partition coefficient (Wildman–Crippen LogP) is 2.13. The molecule has 0 fully saturated rings. The van der Waals surface area contributed by atoms with Gasteiger partial charge in [0.05, 0.1) is 10.7 Å². The number of aromatic nitrogens is 1. The predicted molar refractivity (Wildman–Crippen MR) is 70.7 cm³/mol. The molecule has 2 aromatic rings. The summed E-state index contributed by atoms with van der Waals surface area (Å²) in [5.74, 6) is -1.05. The third kappa shape index (κ3) is 2.75. The zero-order chi connectivity index (χ0) is 13.1. The van der Waals surface area contributed by atoms with Crippen LogP contribution in [-0.2, 0) is 11.2 Å². The Hall–Kier alpha value is -1.72. The van der Waals surface area contributed by atoms with Crippen molar-refractivity contribution in [3.8, 4) is 0 Å².